The first-order chi connectivity index (χ1) is 14.2. The summed E-state index contributed by atoms with van der Waals surface area (Å²) in [4.78, 5) is 19.0. The number of carbonyl (C=O) groups excluding carboxylic acids is 1. The van der Waals surface area contributed by atoms with Crippen molar-refractivity contribution < 1.29 is 9.53 Å². The van der Waals surface area contributed by atoms with Crippen molar-refractivity contribution in [3.05, 3.63) is 102 Å². The molecule has 1 amide bonds. The number of rotatable bonds is 6. The molecule has 4 aromatic rings. The van der Waals surface area contributed by atoms with E-state index in [0.29, 0.717) is 17.3 Å². The summed E-state index contributed by atoms with van der Waals surface area (Å²) in [6.45, 7) is 0.274. The minimum absolute atomic E-state index is 0.0756. The summed E-state index contributed by atoms with van der Waals surface area (Å²) >= 11 is 6.00. The summed E-state index contributed by atoms with van der Waals surface area (Å²) in [7, 11) is 0. The van der Waals surface area contributed by atoms with E-state index in [2.05, 4.69) is 4.98 Å². The molecule has 1 heterocycles. The highest BCUT2D eigenvalue weighted by atomic mass is 35.5. The topological polar surface area (TPSA) is 42.4 Å². The monoisotopic (exact) mass is 402 g/mol. The predicted octanol–water partition coefficient (Wildman–Crippen LogP) is 5.50. The summed E-state index contributed by atoms with van der Waals surface area (Å²) in [5, 5.41) is 2.82. The molecule has 5 heteroatoms. The number of ether oxygens (including phenoxy) is 1. The van der Waals surface area contributed by atoms with E-state index >= 15 is 0 Å². The van der Waals surface area contributed by atoms with Gasteiger partial charge in [-0.1, -0.05) is 48.0 Å². The Balaban J connectivity index is 1.52. The smallest absolute Gasteiger partial charge is 0.265 e. The average molecular weight is 403 g/mol. The minimum atomic E-state index is -0.161. The summed E-state index contributed by atoms with van der Waals surface area (Å²) in [5.41, 5.74) is 1.54. The van der Waals surface area contributed by atoms with E-state index in [4.69, 9.17) is 16.3 Å². The normalized spacial score (nSPS) is 10.7. The number of aromatic nitrogens is 1. The number of hydrogen-bond donors (Lipinski definition) is 0. The maximum Gasteiger partial charge on any atom is 0.265 e. The van der Waals surface area contributed by atoms with E-state index < -0.39 is 0 Å². The second-order valence-corrected chi connectivity index (χ2v) is 7.01. The molecule has 0 N–H and O–H groups in total. The van der Waals surface area contributed by atoms with Crippen LogP contribution in [0.5, 0.6) is 5.75 Å². The van der Waals surface area contributed by atoms with Crippen LogP contribution in [0, 0.1) is 0 Å². The fourth-order valence-electron chi connectivity index (χ4n) is 3.08. The fourth-order valence-corrected chi connectivity index (χ4v) is 3.20. The van der Waals surface area contributed by atoms with Gasteiger partial charge in [-0.25, -0.2) is 0 Å². The maximum atomic E-state index is 13.0. The number of nitrogens with zero attached hydrogens (tertiary/aromatic N) is 2. The van der Waals surface area contributed by atoms with Crippen molar-refractivity contribution >= 4 is 34.0 Å². The Hall–Kier alpha value is -3.37. The van der Waals surface area contributed by atoms with Gasteiger partial charge < -0.3 is 9.64 Å². The molecule has 144 valence electrons. The van der Waals surface area contributed by atoms with Crippen molar-refractivity contribution in [2.24, 2.45) is 0 Å². The standard InChI is InChI=1S/C24H19ClN2O2/c25-20-9-11-22(12-10-20)27(16-21-7-3-4-14-26-21)24(28)17-29-23-13-8-18-5-1-2-6-19(18)15-23/h1-15H,16-17H2. The molecule has 0 spiro atoms. The van der Waals surface area contributed by atoms with Crippen LogP contribution in [0.1, 0.15) is 5.69 Å². The first kappa shape index (κ1) is 19.0. The van der Waals surface area contributed by atoms with Gasteiger partial charge in [-0.05, 0) is 59.3 Å². The molecule has 0 saturated heterocycles. The van der Waals surface area contributed by atoms with Crippen molar-refractivity contribution in [3.8, 4) is 5.75 Å². The van der Waals surface area contributed by atoms with Crippen molar-refractivity contribution in [2.45, 2.75) is 6.54 Å². The SMILES string of the molecule is O=C(COc1ccc2ccccc2c1)N(Cc1ccccn1)c1ccc(Cl)cc1. The van der Waals surface area contributed by atoms with Gasteiger partial charge in [-0.15, -0.1) is 0 Å². The van der Waals surface area contributed by atoms with Crippen LogP contribution >= 0.6 is 11.6 Å². The molecule has 0 fully saturated rings. The zero-order valence-corrected chi connectivity index (χ0v) is 16.4. The van der Waals surface area contributed by atoms with E-state index in [-0.39, 0.29) is 12.5 Å². The molecule has 0 aliphatic carbocycles. The lowest BCUT2D eigenvalue weighted by Crippen LogP contribution is -2.34. The van der Waals surface area contributed by atoms with Gasteiger partial charge in [-0.2, -0.15) is 0 Å². The Labute approximate surface area is 174 Å². The second-order valence-electron chi connectivity index (χ2n) is 6.58. The summed E-state index contributed by atoms with van der Waals surface area (Å²) in [6, 6.07) is 26.6. The Morgan fingerprint density at radius 3 is 2.41 bits per heavy atom. The summed E-state index contributed by atoms with van der Waals surface area (Å²) < 4.78 is 5.80. The van der Waals surface area contributed by atoms with Crippen LogP contribution in [0.4, 0.5) is 5.69 Å². The Kier molecular flexibility index (Phi) is 5.73. The molecule has 3 aromatic carbocycles. The number of fused-ring (bicyclic) bond motifs is 1. The number of anilines is 1. The highest BCUT2D eigenvalue weighted by Gasteiger charge is 2.18. The number of pyridine rings is 1. The Morgan fingerprint density at radius 1 is 0.897 bits per heavy atom. The van der Waals surface area contributed by atoms with Crippen molar-refractivity contribution in [2.75, 3.05) is 11.5 Å². The molecular formula is C24H19ClN2O2. The summed E-state index contributed by atoms with van der Waals surface area (Å²) in [6.07, 6.45) is 1.71. The fraction of sp³-hybridized carbons (Fsp3) is 0.0833. The van der Waals surface area contributed by atoms with Crippen LogP contribution in [-0.4, -0.2) is 17.5 Å². The highest BCUT2D eigenvalue weighted by molar-refractivity contribution is 6.30. The zero-order chi connectivity index (χ0) is 20.1. The third-order valence-electron chi connectivity index (χ3n) is 4.57. The van der Waals surface area contributed by atoms with E-state index in [1.807, 2.05) is 72.8 Å². The molecule has 4 rings (SSSR count). The maximum absolute atomic E-state index is 13.0. The molecule has 29 heavy (non-hydrogen) atoms. The largest absolute Gasteiger partial charge is 0.484 e. The molecule has 0 aliphatic heterocycles. The first-order valence-electron chi connectivity index (χ1n) is 9.26. The molecule has 0 radical (unpaired) electrons. The quantitative estimate of drug-likeness (QED) is 0.427. The van der Waals surface area contributed by atoms with Gasteiger partial charge in [0.25, 0.3) is 5.91 Å². The molecular weight excluding hydrogens is 384 g/mol. The molecule has 1 aromatic heterocycles. The molecule has 0 unspecified atom stereocenters. The van der Waals surface area contributed by atoms with E-state index in [9.17, 15) is 4.79 Å². The Morgan fingerprint density at radius 2 is 1.66 bits per heavy atom. The molecule has 0 aliphatic rings. The third-order valence-corrected chi connectivity index (χ3v) is 4.82. The predicted molar refractivity (Wildman–Crippen MR) is 116 cm³/mol. The lowest BCUT2D eigenvalue weighted by molar-refractivity contribution is -0.120. The van der Waals surface area contributed by atoms with Crippen LogP contribution in [0.25, 0.3) is 10.8 Å². The number of carbonyl (C=O) groups is 1. The number of halogens is 1. The lowest BCUT2D eigenvalue weighted by atomic mass is 10.1. The minimum Gasteiger partial charge on any atom is -0.484 e. The van der Waals surface area contributed by atoms with Crippen molar-refractivity contribution in [1.82, 2.24) is 4.98 Å². The first-order valence-corrected chi connectivity index (χ1v) is 9.64. The van der Waals surface area contributed by atoms with Gasteiger partial charge in [0.1, 0.15) is 5.75 Å². The number of hydrogen-bond acceptors (Lipinski definition) is 3. The van der Waals surface area contributed by atoms with Crippen LogP contribution in [-0.2, 0) is 11.3 Å². The van der Waals surface area contributed by atoms with Crippen LogP contribution in [0.15, 0.2) is 91.1 Å². The van der Waals surface area contributed by atoms with Gasteiger partial charge in [0, 0.05) is 16.9 Å². The molecule has 0 saturated carbocycles. The van der Waals surface area contributed by atoms with Crippen molar-refractivity contribution in [3.63, 3.8) is 0 Å². The van der Waals surface area contributed by atoms with Crippen LogP contribution in [0.2, 0.25) is 5.02 Å². The Bertz CT molecular complexity index is 1110. The molecule has 4 nitrogen and oxygen atoms in total. The van der Waals surface area contributed by atoms with Crippen LogP contribution in [0.3, 0.4) is 0 Å². The van der Waals surface area contributed by atoms with Gasteiger partial charge in [-0.3, -0.25) is 9.78 Å². The van der Waals surface area contributed by atoms with Gasteiger partial charge in [0.05, 0.1) is 12.2 Å². The highest BCUT2D eigenvalue weighted by Crippen LogP contribution is 2.22. The summed E-state index contributed by atoms with van der Waals surface area (Å²) in [5.74, 6) is 0.497. The number of amides is 1. The third kappa shape index (κ3) is 4.73. The van der Waals surface area contributed by atoms with Gasteiger partial charge >= 0.3 is 0 Å². The molecule has 0 bridgehead atoms. The number of benzene rings is 3. The average Bonchev–Trinajstić information content (AvgIpc) is 2.77. The lowest BCUT2D eigenvalue weighted by Gasteiger charge is -2.23. The van der Waals surface area contributed by atoms with E-state index in [1.165, 1.54) is 0 Å². The van der Waals surface area contributed by atoms with Gasteiger partial charge in [0.2, 0.25) is 0 Å². The second kappa shape index (κ2) is 8.76. The van der Waals surface area contributed by atoms with Gasteiger partial charge in [0.15, 0.2) is 6.61 Å². The van der Waals surface area contributed by atoms with Crippen LogP contribution < -0.4 is 9.64 Å². The van der Waals surface area contributed by atoms with Crippen molar-refractivity contribution in [1.29, 1.82) is 0 Å². The van der Waals surface area contributed by atoms with E-state index in [0.717, 1.165) is 22.2 Å². The van der Waals surface area contributed by atoms with E-state index in [1.54, 1.807) is 23.2 Å². The zero-order valence-electron chi connectivity index (χ0n) is 15.7. The molecule has 0 atom stereocenters.